The molecule has 0 amide bonds. The first kappa shape index (κ1) is 15.4. The molecule has 3 N–H and O–H groups in total. The van der Waals surface area contributed by atoms with Crippen LogP contribution in [0.5, 0.6) is 5.75 Å². The van der Waals surface area contributed by atoms with Gasteiger partial charge in [-0.3, -0.25) is 4.90 Å². The number of aliphatic imine (C=N–C) groups is 1. The predicted molar refractivity (Wildman–Crippen MR) is 90.2 cm³/mol. The van der Waals surface area contributed by atoms with Gasteiger partial charge in [-0.2, -0.15) is 0 Å². The zero-order chi connectivity index (χ0) is 16.5. The van der Waals surface area contributed by atoms with Gasteiger partial charge < -0.3 is 25.2 Å². The van der Waals surface area contributed by atoms with Crippen LogP contribution in [0.15, 0.2) is 34.8 Å². The Morgan fingerprint density at radius 1 is 1.25 bits per heavy atom. The molecule has 3 aliphatic rings. The summed E-state index contributed by atoms with van der Waals surface area (Å²) >= 11 is 0. The maximum absolute atomic E-state index is 9.84. The van der Waals surface area contributed by atoms with Crippen LogP contribution in [0.3, 0.4) is 0 Å². The van der Waals surface area contributed by atoms with Gasteiger partial charge in [0.25, 0.3) is 0 Å². The van der Waals surface area contributed by atoms with E-state index in [4.69, 9.17) is 9.73 Å². The number of phenolic OH excluding ortho intramolecular Hbond substituents is 1. The molecule has 3 aliphatic heterocycles. The fourth-order valence-electron chi connectivity index (χ4n) is 3.49. The molecular formula is C17H22N4O3. The summed E-state index contributed by atoms with van der Waals surface area (Å²) in [7, 11) is 0. The molecule has 0 bridgehead atoms. The van der Waals surface area contributed by atoms with Crippen LogP contribution in [-0.2, 0) is 4.74 Å². The third kappa shape index (κ3) is 2.75. The topological polar surface area (TPSA) is 80.6 Å². The van der Waals surface area contributed by atoms with Gasteiger partial charge >= 0.3 is 0 Å². The van der Waals surface area contributed by atoms with Crippen molar-refractivity contribution in [2.24, 2.45) is 4.99 Å². The third-order valence-corrected chi connectivity index (χ3v) is 4.76. The van der Waals surface area contributed by atoms with Gasteiger partial charge in [0.05, 0.1) is 25.6 Å². The van der Waals surface area contributed by atoms with Crippen molar-refractivity contribution in [3.63, 3.8) is 0 Å². The molecule has 4 rings (SSSR count). The summed E-state index contributed by atoms with van der Waals surface area (Å²) in [4.78, 5) is 8.97. The molecular weight excluding hydrogens is 308 g/mol. The van der Waals surface area contributed by atoms with Crippen LogP contribution in [0.25, 0.3) is 5.70 Å². The molecule has 2 fully saturated rings. The summed E-state index contributed by atoms with van der Waals surface area (Å²) in [5.74, 6) is 1.05. The Kier molecular flexibility index (Phi) is 4.13. The maximum atomic E-state index is 9.84. The van der Waals surface area contributed by atoms with Crippen molar-refractivity contribution in [2.45, 2.75) is 12.6 Å². The Morgan fingerprint density at radius 2 is 2.08 bits per heavy atom. The second-order valence-electron chi connectivity index (χ2n) is 6.21. The van der Waals surface area contributed by atoms with E-state index in [2.05, 4.69) is 10.2 Å². The number of aliphatic hydroxyl groups excluding tert-OH is 1. The van der Waals surface area contributed by atoms with E-state index in [1.807, 2.05) is 17.0 Å². The third-order valence-electron chi connectivity index (χ3n) is 4.76. The van der Waals surface area contributed by atoms with E-state index in [0.29, 0.717) is 13.2 Å². The van der Waals surface area contributed by atoms with Crippen molar-refractivity contribution in [1.82, 2.24) is 15.1 Å². The van der Waals surface area contributed by atoms with Gasteiger partial charge in [0.2, 0.25) is 5.96 Å². The first-order valence-electron chi connectivity index (χ1n) is 8.31. The Bertz CT molecular complexity index is 682. The Labute approximate surface area is 140 Å². The van der Waals surface area contributed by atoms with Crippen molar-refractivity contribution >= 4 is 11.7 Å². The molecule has 7 nitrogen and oxygen atoms in total. The summed E-state index contributed by atoms with van der Waals surface area (Å²) < 4.78 is 5.43. The van der Waals surface area contributed by atoms with Crippen LogP contribution in [0.2, 0.25) is 0 Å². The van der Waals surface area contributed by atoms with E-state index in [1.54, 1.807) is 12.1 Å². The van der Waals surface area contributed by atoms with E-state index in [9.17, 15) is 10.2 Å². The number of phenols is 1. The molecule has 24 heavy (non-hydrogen) atoms. The maximum Gasteiger partial charge on any atom is 0.200 e. The summed E-state index contributed by atoms with van der Waals surface area (Å²) in [5, 5.41) is 22.9. The lowest BCUT2D eigenvalue weighted by Crippen LogP contribution is -2.50. The SMILES string of the molecule is OCN1CCC2=C(c3cccc(O)c3)NC(N3CCOCC3)=NC21. The number of fused-ring (bicyclic) bond motifs is 1. The number of aliphatic hydroxyl groups is 1. The molecule has 2 saturated heterocycles. The monoisotopic (exact) mass is 330 g/mol. The molecule has 1 aromatic carbocycles. The second kappa shape index (κ2) is 6.43. The van der Waals surface area contributed by atoms with Crippen LogP contribution in [0.4, 0.5) is 0 Å². The highest BCUT2D eigenvalue weighted by Gasteiger charge is 2.36. The van der Waals surface area contributed by atoms with Crippen LogP contribution in [0.1, 0.15) is 12.0 Å². The minimum atomic E-state index is -0.147. The smallest absolute Gasteiger partial charge is 0.200 e. The van der Waals surface area contributed by atoms with Crippen molar-refractivity contribution in [3.8, 4) is 5.75 Å². The average Bonchev–Trinajstić information content (AvgIpc) is 3.04. The number of hydrogen-bond acceptors (Lipinski definition) is 7. The average molecular weight is 330 g/mol. The molecule has 7 heteroatoms. The summed E-state index contributed by atoms with van der Waals surface area (Å²) in [6.07, 6.45) is 0.703. The van der Waals surface area contributed by atoms with Crippen LogP contribution < -0.4 is 5.32 Å². The number of benzene rings is 1. The lowest BCUT2D eigenvalue weighted by molar-refractivity contribution is 0.0654. The first-order valence-corrected chi connectivity index (χ1v) is 8.31. The molecule has 1 atom stereocenters. The van der Waals surface area contributed by atoms with Crippen molar-refractivity contribution in [1.29, 1.82) is 0 Å². The lowest BCUT2D eigenvalue weighted by atomic mass is 10.0. The van der Waals surface area contributed by atoms with Gasteiger partial charge in [0.15, 0.2) is 0 Å². The molecule has 0 aromatic heterocycles. The van der Waals surface area contributed by atoms with E-state index in [0.717, 1.165) is 48.8 Å². The fraction of sp³-hybridized carbons (Fsp3) is 0.471. The van der Waals surface area contributed by atoms with E-state index >= 15 is 0 Å². The van der Waals surface area contributed by atoms with Gasteiger partial charge in [-0.25, -0.2) is 4.99 Å². The fourth-order valence-corrected chi connectivity index (χ4v) is 3.49. The molecule has 1 aromatic rings. The highest BCUT2D eigenvalue weighted by Crippen LogP contribution is 2.34. The normalized spacial score (nSPS) is 24.6. The number of rotatable bonds is 2. The Hall–Kier alpha value is -2.09. The summed E-state index contributed by atoms with van der Waals surface area (Å²) in [5.41, 5.74) is 3.09. The van der Waals surface area contributed by atoms with E-state index in [-0.39, 0.29) is 18.6 Å². The van der Waals surface area contributed by atoms with E-state index in [1.165, 1.54) is 0 Å². The van der Waals surface area contributed by atoms with Crippen LogP contribution in [0, 0.1) is 0 Å². The predicted octanol–water partition coefficient (Wildman–Crippen LogP) is 0.376. The molecule has 0 spiro atoms. The zero-order valence-electron chi connectivity index (χ0n) is 13.5. The largest absolute Gasteiger partial charge is 0.508 e. The molecule has 0 radical (unpaired) electrons. The van der Waals surface area contributed by atoms with Gasteiger partial charge in [-0.1, -0.05) is 12.1 Å². The molecule has 0 saturated carbocycles. The minimum absolute atomic E-state index is 0.0125. The Balaban J connectivity index is 1.71. The summed E-state index contributed by atoms with van der Waals surface area (Å²) in [6.45, 7) is 3.72. The van der Waals surface area contributed by atoms with Gasteiger partial charge in [0.1, 0.15) is 11.9 Å². The van der Waals surface area contributed by atoms with E-state index < -0.39 is 0 Å². The molecule has 3 heterocycles. The van der Waals surface area contributed by atoms with Crippen molar-refractivity contribution < 1.29 is 14.9 Å². The number of likely N-dealkylation sites (tertiary alicyclic amines) is 1. The van der Waals surface area contributed by atoms with Crippen LogP contribution in [-0.4, -0.2) is 71.7 Å². The number of ether oxygens (including phenoxy) is 1. The number of guanidine groups is 1. The van der Waals surface area contributed by atoms with Crippen molar-refractivity contribution in [3.05, 3.63) is 35.4 Å². The van der Waals surface area contributed by atoms with Gasteiger partial charge in [0, 0.05) is 25.2 Å². The van der Waals surface area contributed by atoms with Crippen molar-refractivity contribution in [2.75, 3.05) is 39.6 Å². The van der Waals surface area contributed by atoms with Gasteiger partial charge in [-0.05, 0) is 24.1 Å². The quantitative estimate of drug-likeness (QED) is 0.727. The number of nitrogens with one attached hydrogen (secondary N) is 1. The number of morpholine rings is 1. The number of aromatic hydroxyl groups is 1. The lowest BCUT2D eigenvalue weighted by Gasteiger charge is -2.35. The molecule has 128 valence electrons. The second-order valence-corrected chi connectivity index (χ2v) is 6.21. The standard InChI is InChI=1S/C17H22N4O3/c22-11-21-5-4-14-15(12-2-1-3-13(23)10-12)18-17(19-16(14)21)20-6-8-24-9-7-20/h1-3,10,16,22-23H,4-9,11H2,(H,18,19). The minimum Gasteiger partial charge on any atom is -0.508 e. The Morgan fingerprint density at radius 3 is 2.83 bits per heavy atom. The van der Waals surface area contributed by atoms with Gasteiger partial charge in [-0.15, -0.1) is 0 Å². The summed E-state index contributed by atoms with van der Waals surface area (Å²) in [6, 6.07) is 7.25. The molecule has 1 unspecified atom stereocenters. The zero-order valence-corrected chi connectivity index (χ0v) is 13.5. The highest BCUT2D eigenvalue weighted by atomic mass is 16.5. The molecule has 0 aliphatic carbocycles. The van der Waals surface area contributed by atoms with Crippen LogP contribution >= 0.6 is 0 Å². The highest BCUT2D eigenvalue weighted by molar-refractivity contribution is 5.93. The first-order chi connectivity index (χ1) is 11.8. The number of hydrogen-bond donors (Lipinski definition) is 3. The number of nitrogens with zero attached hydrogens (tertiary/aromatic N) is 3.